The Kier molecular flexibility index (Phi) is 63.3. The van der Waals surface area contributed by atoms with Crippen LogP contribution in [0.4, 0.5) is 0 Å². The van der Waals surface area contributed by atoms with Crippen molar-refractivity contribution < 1.29 is 58.4 Å². The van der Waals surface area contributed by atoms with E-state index in [1.165, 1.54) is 135 Å². The third-order valence-electron chi connectivity index (χ3n) is 20.7. The molecule has 3 heteroatoms. The summed E-state index contributed by atoms with van der Waals surface area (Å²) < 4.78 is 0. The Hall–Kier alpha value is 0.830. The van der Waals surface area contributed by atoms with E-state index in [0.29, 0.717) is 23.7 Å². The maximum Gasteiger partial charge on any atom is 2.00 e. The predicted molar refractivity (Wildman–Crippen MR) is 344 cm³/mol. The van der Waals surface area contributed by atoms with E-state index in [4.69, 9.17) is 0 Å². The minimum Gasteiger partial charge on any atom is -0.358 e. The number of allylic oxidation sites excluding steroid dienone is 4. The van der Waals surface area contributed by atoms with Crippen molar-refractivity contribution in [2.24, 2.45) is 118 Å². The topological polar surface area (TPSA) is 0 Å². The third-order valence-corrected chi connectivity index (χ3v) is 20.7. The molecule has 0 aliphatic heterocycles. The first-order chi connectivity index (χ1) is 35.3. The summed E-state index contributed by atoms with van der Waals surface area (Å²) in [5.74, 6) is 18.2. The van der Waals surface area contributed by atoms with Crippen molar-refractivity contribution in [1.82, 2.24) is 0 Å². The van der Waals surface area contributed by atoms with Gasteiger partial charge < -0.3 is 42.0 Å². The number of hydrogen-bond acceptors (Lipinski definition) is 0. The smallest absolute Gasteiger partial charge is 0.358 e. The van der Waals surface area contributed by atoms with Crippen LogP contribution in [0.2, 0.25) is 0 Å². The maximum absolute atomic E-state index is 4.42. The van der Waals surface area contributed by atoms with Crippen molar-refractivity contribution in [2.75, 3.05) is 0 Å². The van der Waals surface area contributed by atoms with Gasteiger partial charge in [0.25, 0.3) is 0 Å². The molecule has 0 bridgehead atoms. The summed E-state index contributed by atoms with van der Waals surface area (Å²) in [5, 5.41) is 0. The first-order valence-corrected chi connectivity index (χ1v) is 32.6. The molecular formula is C74H140Zn3. The van der Waals surface area contributed by atoms with E-state index in [2.05, 4.69) is 168 Å². The van der Waals surface area contributed by atoms with Crippen LogP contribution in [0, 0.1) is 160 Å². The van der Waals surface area contributed by atoms with E-state index in [1.807, 2.05) is 0 Å². The van der Waals surface area contributed by atoms with Crippen LogP contribution in [-0.4, -0.2) is 0 Å². The van der Waals surface area contributed by atoms with E-state index in [9.17, 15) is 0 Å². The molecule has 6 aliphatic carbocycles. The second kappa shape index (κ2) is 54.7. The fourth-order valence-electron chi connectivity index (χ4n) is 16.2. The van der Waals surface area contributed by atoms with Crippen molar-refractivity contribution >= 4 is 0 Å². The minimum atomic E-state index is 0. The van der Waals surface area contributed by atoms with Crippen molar-refractivity contribution in [3.8, 4) is 0 Å². The zero-order valence-electron chi connectivity index (χ0n) is 56.0. The first-order valence-electron chi connectivity index (χ1n) is 32.6. The maximum atomic E-state index is 4.42. The largest absolute Gasteiger partial charge is 2.00 e. The zero-order valence-corrected chi connectivity index (χ0v) is 64.9. The second-order valence-corrected chi connectivity index (χ2v) is 23.9. The van der Waals surface area contributed by atoms with Crippen LogP contribution in [0.5, 0.6) is 0 Å². The Morgan fingerprint density at radius 1 is 0.390 bits per heavy atom. The summed E-state index contributed by atoms with van der Waals surface area (Å²) in [6.45, 7) is 67.5. The van der Waals surface area contributed by atoms with Crippen molar-refractivity contribution in [1.29, 1.82) is 0 Å². The molecule has 442 valence electrons. The summed E-state index contributed by atoms with van der Waals surface area (Å²) >= 11 is 0. The average Bonchev–Trinajstić information content (AvgIpc) is 3.99. The normalized spacial score (nSPS) is 31.6. The van der Waals surface area contributed by atoms with Gasteiger partial charge in [-0.25, -0.2) is 0 Å². The van der Waals surface area contributed by atoms with Gasteiger partial charge in [-0.2, -0.15) is 32.6 Å². The van der Waals surface area contributed by atoms with E-state index in [-0.39, 0.29) is 65.9 Å². The van der Waals surface area contributed by atoms with Gasteiger partial charge >= 0.3 is 58.4 Å². The molecule has 6 saturated carbocycles. The minimum absolute atomic E-state index is 0. The molecule has 6 rings (SSSR count). The van der Waals surface area contributed by atoms with Crippen molar-refractivity contribution in [3.05, 3.63) is 92.7 Å². The summed E-state index contributed by atoms with van der Waals surface area (Å²) in [6, 6.07) is 0. The van der Waals surface area contributed by atoms with Crippen LogP contribution in [-0.2, 0) is 58.4 Å². The molecular weight excluding hydrogens is 1080 g/mol. The zero-order chi connectivity index (χ0) is 56.1. The predicted octanol–water partition coefficient (Wildman–Crippen LogP) is 24.7. The van der Waals surface area contributed by atoms with E-state index in [1.54, 1.807) is 46.5 Å². The van der Waals surface area contributed by atoms with E-state index >= 15 is 0 Å². The first kappa shape index (κ1) is 89.0. The average molecular weight is 1230 g/mol. The quantitative estimate of drug-likeness (QED) is 0.0729. The molecule has 0 heterocycles. The fourth-order valence-corrected chi connectivity index (χ4v) is 16.2. The van der Waals surface area contributed by atoms with Gasteiger partial charge in [-0.05, 0) is 165 Å². The summed E-state index contributed by atoms with van der Waals surface area (Å²) in [7, 11) is 0. The van der Waals surface area contributed by atoms with Crippen LogP contribution < -0.4 is 0 Å². The molecule has 0 radical (unpaired) electrons. The molecule has 6 aliphatic rings. The molecule has 0 aromatic rings. The van der Waals surface area contributed by atoms with Gasteiger partial charge in [0.15, 0.2) is 0 Å². The van der Waals surface area contributed by atoms with Gasteiger partial charge in [-0.15, -0.1) is 26.3 Å². The molecule has 0 spiro atoms. The fraction of sp³-hybridized carbons (Fsp3) is 0.811. The Morgan fingerprint density at radius 3 is 1.19 bits per heavy atom. The second-order valence-electron chi connectivity index (χ2n) is 23.9. The number of hydrogen-bond donors (Lipinski definition) is 0. The van der Waals surface area contributed by atoms with E-state index < -0.39 is 0 Å². The molecule has 0 amide bonds. The van der Waals surface area contributed by atoms with Crippen molar-refractivity contribution in [2.45, 2.75) is 264 Å². The Bertz CT molecular complexity index is 1280. The van der Waals surface area contributed by atoms with Crippen molar-refractivity contribution in [3.63, 3.8) is 0 Å². The van der Waals surface area contributed by atoms with E-state index in [0.717, 1.165) is 94.7 Å². The molecule has 0 saturated heterocycles. The molecule has 77 heavy (non-hydrogen) atoms. The molecule has 0 aromatic heterocycles. The SMILES string of the molecule is C=CC1CC(C(CC)CC)CCC1C(CC)CC.C=CC1CCC(C=C)C(C=C)C1.CCC.CCC(CC)C1CCC2C(CC)CC(CC)C2C1.[CH2-]C.[CH2-]C.[CH2-]C.[CH2-]C(CC)C1CCC2C(CC)CC([CH2-])C2C1.[CH3-].[Zn+2].[Zn+2].[Zn+2]. The molecule has 17 atom stereocenters. The van der Waals surface area contributed by atoms with Gasteiger partial charge in [0, 0.05) is 0 Å². The van der Waals surface area contributed by atoms with Crippen LogP contribution in [0.25, 0.3) is 0 Å². The monoisotopic (exact) mass is 1220 g/mol. The summed E-state index contributed by atoms with van der Waals surface area (Å²) in [4.78, 5) is 0. The van der Waals surface area contributed by atoms with Gasteiger partial charge in [-0.3, -0.25) is 0 Å². The van der Waals surface area contributed by atoms with Gasteiger partial charge in [0.1, 0.15) is 0 Å². The van der Waals surface area contributed by atoms with Gasteiger partial charge in [-0.1, -0.05) is 209 Å². The number of fused-ring (bicyclic) bond motifs is 2. The van der Waals surface area contributed by atoms with Crippen LogP contribution >= 0.6 is 0 Å². The Labute approximate surface area is 529 Å². The summed E-state index contributed by atoms with van der Waals surface area (Å²) in [5.41, 5.74) is 0. The molecule has 17 unspecified atom stereocenters. The molecule has 6 fully saturated rings. The van der Waals surface area contributed by atoms with Gasteiger partial charge in [0.05, 0.1) is 0 Å². The Morgan fingerprint density at radius 2 is 0.779 bits per heavy atom. The number of rotatable bonds is 18. The molecule has 0 N–H and O–H groups in total. The Balaban J connectivity index is -0.000000205. The molecule has 0 nitrogen and oxygen atoms in total. The van der Waals surface area contributed by atoms with Crippen LogP contribution in [0.1, 0.15) is 264 Å². The van der Waals surface area contributed by atoms with Crippen LogP contribution in [0.3, 0.4) is 0 Å². The standard InChI is InChI=1S/2C18H34.C16H28.C12H18.C3H8.3C2H5.CH3.3Zn/c1-5-13(6-2)16-9-10-17-14(7-3)11-15(8-4)18(17)12-16;1-6-14(7-2)17-11-12-18(15(8-3)9-4)16(10-5)13-17;1-5-11(3)14-7-8-15-13(6-2)9-12(4)16(15)10-14;1-4-10-7-8-11(5-2)12(6-3)9-10;1-3-2;3*1-2;;;;/h13-18H,5-12H2,1-4H3;10,14-18H,5-9,11-13H2,1-4H3;11-16H,3-10H2,1-2H3;4-6,10-12H,1-3,7-9H2;3H2,1-2H3;3*1H2,2H3;1H3;;;/q;;-2;;;4*-1;3*+2. The van der Waals surface area contributed by atoms with Gasteiger partial charge in [0.2, 0.25) is 0 Å². The molecule has 0 aromatic carbocycles. The summed E-state index contributed by atoms with van der Waals surface area (Å²) in [6.07, 6.45) is 43.5. The third kappa shape index (κ3) is 29.5. The van der Waals surface area contributed by atoms with Crippen LogP contribution in [0.15, 0.2) is 50.6 Å².